The summed E-state index contributed by atoms with van der Waals surface area (Å²) in [4.78, 5) is 0. The molecule has 1 aromatic carbocycles. The van der Waals surface area contributed by atoms with Crippen LogP contribution in [-0.4, -0.2) is 4.57 Å². The van der Waals surface area contributed by atoms with Crippen molar-refractivity contribution in [2.24, 2.45) is 0 Å². The molecular formula is C12H12BrFN2. The third-order valence-electron chi connectivity index (χ3n) is 2.17. The fourth-order valence-corrected chi connectivity index (χ4v) is 1.36. The molecule has 0 aliphatic rings. The van der Waals surface area contributed by atoms with Crippen molar-refractivity contribution >= 4 is 17.0 Å². The predicted octanol–water partition coefficient (Wildman–Crippen LogP) is 2.73. The van der Waals surface area contributed by atoms with Gasteiger partial charge in [0.25, 0.3) is 0 Å². The summed E-state index contributed by atoms with van der Waals surface area (Å²) in [7, 11) is 0. The maximum absolute atomic E-state index is 12.6. The number of aromatic nitrogens is 1. The van der Waals surface area contributed by atoms with Gasteiger partial charge in [0.2, 0.25) is 0 Å². The second-order valence-corrected chi connectivity index (χ2v) is 3.39. The van der Waals surface area contributed by atoms with Crippen molar-refractivity contribution < 1.29 is 4.39 Å². The quantitative estimate of drug-likeness (QED) is 0.878. The smallest absolute Gasteiger partial charge is 0.123 e. The summed E-state index contributed by atoms with van der Waals surface area (Å²) >= 11 is 0. The Hall–Kier alpha value is -1.42. The van der Waals surface area contributed by atoms with E-state index in [9.17, 15) is 4.39 Å². The lowest BCUT2D eigenvalue weighted by molar-refractivity contribution is 0.626. The highest BCUT2D eigenvalue weighted by molar-refractivity contribution is 8.93. The number of halogens is 2. The van der Waals surface area contributed by atoms with E-state index >= 15 is 0 Å². The largest absolute Gasteiger partial charge is 0.350 e. The van der Waals surface area contributed by atoms with Crippen LogP contribution in [0, 0.1) is 11.2 Å². The van der Waals surface area contributed by atoms with Gasteiger partial charge < -0.3 is 9.98 Å². The summed E-state index contributed by atoms with van der Waals surface area (Å²) in [6, 6.07) is 9.88. The first-order valence-corrected chi connectivity index (χ1v) is 4.69. The molecule has 0 saturated heterocycles. The van der Waals surface area contributed by atoms with Crippen molar-refractivity contribution in [3.05, 3.63) is 65.5 Å². The molecule has 0 saturated carbocycles. The second-order valence-electron chi connectivity index (χ2n) is 3.39. The number of hydrogen-bond donors (Lipinski definition) is 1. The number of nitrogens with zero attached hydrogens (tertiary/aromatic N) is 1. The molecule has 0 aliphatic heterocycles. The molecule has 0 aliphatic carbocycles. The molecule has 0 unspecified atom stereocenters. The summed E-state index contributed by atoms with van der Waals surface area (Å²) in [6.45, 7) is 0.695. The van der Waals surface area contributed by atoms with Crippen LogP contribution < -0.4 is 5.36 Å². The summed E-state index contributed by atoms with van der Waals surface area (Å²) in [5.41, 5.74) is 1.04. The van der Waals surface area contributed by atoms with Crippen LogP contribution in [-0.2, 0) is 6.54 Å². The van der Waals surface area contributed by atoms with Crippen LogP contribution >= 0.6 is 17.0 Å². The number of hydrogen-bond acceptors (Lipinski definition) is 1. The Balaban J connectivity index is 0.00000128. The second kappa shape index (κ2) is 5.61. The SMILES string of the molecule is Br.N=c1ccn(Cc2ccc(F)cc2)cc1. The van der Waals surface area contributed by atoms with Gasteiger partial charge in [-0.05, 0) is 29.8 Å². The highest BCUT2D eigenvalue weighted by Crippen LogP contribution is 2.04. The number of pyridine rings is 1. The monoisotopic (exact) mass is 282 g/mol. The van der Waals surface area contributed by atoms with Crippen molar-refractivity contribution in [3.63, 3.8) is 0 Å². The van der Waals surface area contributed by atoms with Crippen LogP contribution in [0.3, 0.4) is 0 Å². The molecular weight excluding hydrogens is 271 g/mol. The normalized spacial score (nSPS) is 9.56. The summed E-state index contributed by atoms with van der Waals surface area (Å²) < 4.78 is 14.6. The van der Waals surface area contributed by atoms with Gasteiger partial charge in [0, 0.05) is 18.9 Å². The van der Waals surface area contributed by atoms with Crippen LogP contribution in [0.1, 0.15) is 5.56 Å². The van der Waals surface area contributed by atoms with E-state index in [1.54, 1.807) is 24.3 Å². The van der Waals surface area contributed by atoms with Crippen molar-refractivity contribution in [1.29, 1.82) is 5.41 Å². The summed E-state index contributed by atoms with van der Waals surface area (Å²) in [5, 5.41) is 7.83. The molecule has 0 amide bonds. The standard InChI is InChI=1S/C12H11FN2.BrH/c13-11-3-1-10(2-4-11)9-15-7-5-12(14)6-8-15;/h1-8,14H,9H2;1H. The van der Waals surface area contributed by atoms with E-state index in [1.165, 1.54) is 12.1 Å². The summed E-state index contributed by atoms with van der Waals surface area (Å²) in [6.07, 6.45) is 3.68. The minimum atomic E-state index is -0.217. The molecule has 2 nitrogen and oxygen atoms in total. The first kappa shape index (κ1) is 12.6. The average Bonchev–Trinajstić information content (AvgIpc) is 2.25. The van der Waals surface area contributed by atoms with Gasteiger partial charge in [0.15, 0.2) is 0 Å². The Labute approximate surface area is 104 Å². The van der Waals surface area contributed by atoms with E-state index in [0.29, 0.717) is 11.9 Å². The van der Waals surface area contributed by atoms with E-state index in [-0.39, 0.29) is 22.8 Å². The van der Waals surface area contributed by atoms with Gasteiger partial charge in [-0.25, -0.2) is 4.39 Å². The van der Waals surface area contributed by atoms with Gasteiger partial charge in [0.1, 0.15) is 5.82 Å². The zero-order valence-corrected chi connectivity index (χ0v) is 10.3. The summed E-state index contributed by atoms with van der Waals surface area (Å²) in [5.74, 6) is -0.217. The maximum atomic E-state index is 12.6. The zero-order chi connectivity index (χ0) is 10.7. The van der Waals surface area contributed by atoms with Crippen molar-refractivity contribution in [2.45, 2.75) is 6.54 Å². The lowest BCUT2D eigenvalue weighted by Gasteiger charge is -2.05. The molecule has 16 heavy (non-hydrogen) atoms. The highest BCUT2D eigenvalue weighted by Gasteiger charge is 1.94. The number of rotatable bonds is 2. The first-order valence-electron chi connectivity index (χ1n) is 4.69. The third-order valence-corrected chi connectivity index (χ3v) is 2.17. The Morgan fingerprint density at radius 1 is 1.00 bits per heavy atom. The molecule has 2 rings (SSSR count). The molecule has 84 valence electrons. The lowest BCUT2D eigenvalue weighted by Crippen LogP contribution is -2.04. The molecule has 0 bridgehead atoms. The van der Waals surface area contributed by atoms with Crippen molar-refractivity contribution in [3.8, 4) is 0 Å². The number of benzene rings is 1. The van der Waals surface area contributed by atoms with E-state index in [2.05, 4.69) is 0 Å². The topological polar surface area (TPSA) is 28.8 Å². The van der Waals surface area contributed by atoms with Crippen LogP contribution in [0.2, 0.25) is 0 Å². The van der Waals surface area contributed by atoms with Crippen molar-refractivity contribution in [2.75, 3.05) is 0 Å². The lowest BCUT2D eigenvalue weighted by atomic mass is 10.2. The Morgan fingerprint density at radius 3 is 2.12 bits per heavy atom. The molecule has 0 radical (unpaired) electrons. The molecule has 0 fully saturated rings. The molecule has 0 atom stereocenters. The number of nitrogens with one attached hydrogen (secondary N) is 1. The molecule has 2 aromatic rings. The Bertz CT molecular complexity index is 485. The van der Waals surface area contributed by atoms with Crippen molar-refractivity contribution in [1.82, 2.24) is 4.57 Å². The van der Waals surface area contributed by atoms with Gasteiger partial charge >= 0.3 is 0 Å². The third kappa shape index (κ3) is 3.31. The molecule has 0 spiro atoms. The first-order chi connectivity index (χ1) is 7.24. The van der Waals surface area contributed by atoms with Gasteiger partial charge in [-0.2, -0.15) is 0 Å². The van der Waals surface area contributed by atoms with Gasteiger partial charge in [-0.3, -0.25) is 0 Å². The minimum absolute atomic E-state index is 0. The molecule has 1 aromatic heterocycles. The van der Waals surface area contributed by atoms with E-state index in [1.807, 2.05) is 17.0 Å². The highest BCUT2D eigenvalue weighted by atomic mass is 79.9. The van der Waals surface area contributed by atoms with E-state index in [4.69, 9.17) is 5.41 Å². The Morgan fingerprint density at radius 2 is 1.56 bits per heavy atom. The van der Waals surface area contributed by atoms with E-state index < -0.39 is 0 Å². The molecule has 4 heteroatoms. The molecule has 1 N–H and O–H groups in total. The predicted molar refractivity (Wildman–Crippen MR) is 66.1 cm³/mol. The maximum Gasteiger partial charge on any atom is 0.123 e. The fourth-order valence-electron chi connectivity index (χ4n) is 1.36. The zero-order valence-electron chi connectivity index (χ0n) is 8.56. The minimum Gasteiger partial charge on any atom is -0.350 e. The van der Waals surface area contributed by atoms with Crippen LogP contribution in [0.25, 0.3) is 0 Å². The van der Waals surface area contributed by atoms with Gasteiger partial charge in [-0.15, -0.1) is 17.0 Å². The fraction of sp³-hybridized carbons (Fsp3) is 0.0833. The van der Waals surface area contributed by atoms with Gasteiger partial charge in [0.05, 0.1) is 5.36 Å². The van der Waals surface area contributed by atoms with E-state index in [0.717, 1.165) is 5.56 Å². The molecule has 1 heterocycles. The van der Waals surface area contributed by atoms with Crippen LogP contribution in [0.5, 0.6) is 0 Å². The van der Waals surface area contributed by atoms with Crippen LogP contribution in [0.15, 0.2) is 48.8 Å². The Kier molecular flexibility index (Phi) is 4.43. The van der Waals surface area contributed by atoms with Crippen LogP contribution in [0.4, 0.5) is 4.39 Å². The van der Waals surface area contributed by atoms with Gasteiger partial charge in [-0.1, -0.05) is 12.1 Å². The average molecular weight is 283 g/mol.